The van der Waals surface area contributed by atoms with Gasteiger partial charge in [-0.25, -0.2) is 0 Å². The van der Waals surface area contributed by atoms with Crippen molar-refractivity contribution in [1.29, 1.82) is 0 Å². The predicted octanol–water partition coefficient (Wildman–Crippen LogP) is 1.18. The number of hydrogen-bond donors (Lipinski definition) is 0. The van der Waals surface area contributed by atoms with E-state index in [4.69, 9.17) is 14.2 Å². The largest absolute Gasteiger partial charge is 0.383 e. The summed E-state index contributed by atoms with van der Waals surface area (Å²) in [7, 11) is 1.71. The first kappa shape index (κ1) is 18.3. The van der Waals surface area contributed by atoms with Gasteiger partial charge in [-0.15, -0.1) is 0 Å². The molecule has 6 nitrogen and oxygen atoms in total. The third kappa shape index (κ3) is 4.58. The number of carbonyl (C=O) groups is 1. The summed E-state index contributed by atoms with van der Waals surface area (Å²) in [6.07, 6.45) is 0. The van der Waals surface area contributed by atoms with Crippen LogP contribution < -0.4 is 0 Å². The maximum absolute atomic E-state index is 12.9. The minimum absolute atomic E-state index is 0.0652. The lowest BCUT2D eigenvalue weighted by atomic mass is 10.0. The maximum atomic E-state index is 12.9. The van der Waals surface area contributed by atoms with Crippen molar-refractivity contribution in [1.82, 2.24) is 9.80 Å². The monoisotopic (exact) mass is 348 g/mol. The molecule has 1 aromatic carbocycles. The first-order valence-electron chi connectivity index (χ1n) is 8.91. The lowest BCUT2D eigenvalue weighted by molar-refractivity contribution is -0.133. The molecule has 1 amide bonds. The van der Waals surface area contributed by atoms with E-state index in [1.807, 2.05) is 36.1 Å². The Hall–Kier alpha value is -1.47. The van der Waals surface area contributed by atoms with Gasteiger partial charge in [-0.05, 0) is 19.1 Å². The van der Waals surface area contributed by atoms with Gasteiger partial charge in [0.05, 0.1) is 33.0 Å². The number of carbonyl (C=O) groups excluding carboxylic acids is 1. The highest BCUT2D eigenvalue weighted by atomic mass is 16.5. The molecule has 3 rings (SSSR count). The number of hydrogen-bond acceptors (Lipinski definition) is 5. The second-order valence-electron chi connectivity index (χ2n) is 6.95. The lowest BCUT2D eigenvalue weighted by Crippen LogP contribution is -2.60. The molecular formula is C19H28N2O4. The third-order valence-electron chi connectivity index (χ3n) is 4.87. The van der Waals surface area contributed by atoms with Crippen LogP contribution in [0.2, 0.25) is 0 Å². The Kier molecular flexibility index (Phi) is 6.06. The van der Waals surface area contributed by atoms with Crippen LogP contribution in [0.5, 0.6) is 0 Å². The summed E-state index contributed by atoms with van der Waals surface area (Å²) in [6.45, 7) is 8.09. The second-order valence-corrected chi connectivity index (χ2v) is 6.95. The van der Waals surface area contributed by atoms with Crippen LogP contribution >= 0.6 is 0 Å². The molecule has 0 bridgehead atoms. The average molecular weight is 348 g/mol. The molecule has 1 unspecified atom stereocenters. The van der Waals surface area contributed by atoms with Gasteiger partial charge in [0, 0.05) is 38.9 Å². The van der Waals surface area contributed by atoms with E-state index in [0.29, 0.717) is 39.5 Å². The van der Waals surface area contributed by atoms with Gasteiger partial charge in [0.2, 0.25) is 0 Å². The van der Waals surface area contributed by atoms with Gasteiger partial charge in [0.1, 0.15) is 5.60 Å². The number of rotatable bonds is 4. The lowest BCUT2D eigenvalue weighted by Gasteiger charge is -2.43. The van der Waals surface area contributed by atoms with E-state index in [1.165, 1.54) is 0 Å². The van der Waals surface area contributed by atoms with Gasteiger partial charge in [-0.3, -0.25) is 9.69 Å². The number of ether oxygens (including phenoxy) is 3. The Morgan fingerprint density at radius 2 is 2.00 bits per heavy atom. The van der Waals surface area contributed by atoms with E-state index >= 15 is 0 Å². The Bertz CT molecular complexity index is 577. The topological polar surface area (TPSA) is 51.2 Å². The molecule has 2 aliphatic heterocycles. The number of nitrogens with zero attached hydrogens (tertiary/aromatic N) is 2. The highest BCUT2D eigenvalue weighted by Crippen LogP contribution is 2.24. The van der Waals surface area contributed by atoms with Crippen molar-refractivity contribution in [3.63, 3.8) is 0 Å². The van der Waals surface area contributed by atoms with Crippen LogP contribution in [0.25, 0.3) is 0 Å². The zero-order valence-corrected chi connectivity index (χ0v) is 15.2. The molecule has 2 fully saturated rings. The fourth-order valence-corrected chi connectivity index (χ4v) is 3.48. The predicted molar refractivity (Wildman–Crippen MR) is 94.9 cm³/mol. The summed E-state index contributed by atoms with van der Waals surface area (Å²) in [6, 6.07) is 7.75. The summed E-state index contributed by atoms with van der Waals surface area (Å²) in [5.74, 6) is 0.0652. The first-order valence-corrected chi connectivity index (χ1v) is 8.91. The molecule has 0 aliphatic carbocycles. The molecule has 25 heavy (non-hydrogen) atoms. The molecule has 1 atom stereocenters. The van der Waals surface area contributed by atoms with Crippen LogP contribution in [-0.4, -0.2) is 87.6 Å². The van der Waals surface area contributed by atoms with Crippen molar-refractivity contribution in [2.75, 3.05) is 66.3 Å². The van der Waals surface area contributed by atoms with E-state index in [2.05, 4.69) is 4.90 Å². The Morgan fingerprint density at radius 1 is 1.20 bits per heavy atom. The first-order chi connectivity index (χ1) is 12.1. The molecule has 1 spiro atoms. The molecule has 0 aromatic heterocycles. The summed E-state index contributed by atoms with van der Waals surface area (Å²) >= 11 is 0. The Labute approximate surface area is 149 Å². The number of aryl methyl sites for hydroxylation is 1. The van der Waals surface area contributed by atoms with Crippen molar-refractivity contribution in [2.45, 2.75) is 12.5 Å². The smallest absolute Gasteiger partial charge is 0.254 e. The maximum Gasteiger partial charge on any atom is 0.254 e. The highest BCUT2D eigenvalue weighted by Gasteiger charge is 2.41. The van der Waals surface area contributed by atoms with Gasteiger partial charge in [-0.2, -0.15) is 0 Å². The van der Waals surface area contributed by atoms with Crippen LogP contribution in [0, 0.1) is 6.92 Å². The molecule has 2 saturated heterocycles. The van der Waals surface area contributed by atoms with Crippen molar-refractivity contribution in [2.24, 2.45) is 0 Å². The van der Waals surface area contributed by atoms with Crippen LogP contribution in [0.15, 0.2) is 24.3 Å². The highest BCUT2D eigenvalue weighted by molar-refractivity contribution is 5.94. The normalized spacial score (nSPS) is 25.1. The average Bonchev–Trinajstić information content (AvgIpc) is 2.82. The van der Waals surface area contributed by atoms with E-state index in [0.717, 1.165) is 30.8 Å². The minimum atomic E-state index is -0.456. The molecule has 138 valence electrons. The van der Waals surface area contributed by atoms with Crippen molar-refractivity contribution >= 4 is 5.91 Å². The van der Waals surface area contributed by atoms with Crippen molar-refractivity contribution in [3.8, 4) is 0 Å². The SMILES string of the molecule is COCCN1CCOCC2(C1)CN(C(=O)c1ccc(C)cc1)CCO2. The van der Waals surface area contributed by atoms with E-state index < -0.39 is 5.60 Å². The van der Waals surface area contributed by atoms with E-state index in [1.54, 1.807) is 7.11 Å². The molecule has 6 heteroatoms. The fourth-order valence-electron chi connectivity index (χ4n) is 3.48. The Morgan fingerprint density at radius 3 is 2.76 bits per heavy atom. The van der Waals surface area contributed by atoms with Gasteiger partial charge in [0.15, 0.2) is 0 Å². The van der Waals surface area contributed by atoms with Gasteiger partial charge in [-0.1, -0.05) is 17.7 Å². The van der Waals surface area contributed by atoms with Crippen molar-refractivity contribution in [3.05, 3.63) is 35.4 Å². The quantitative estimate of drug-likeness (QED) is 0.818. The minimum Gasteiger partial charge on any atom is -0.383 e. The van der Waals surface area contributed by atoms with Gasteiger partial charge in [0.25, 0.3) is 5.91 Å². The van der Waals surface area contributed by atoms with E-state index in [9.17, 15) is 4.79 Å². The molecule has 1 aromatic rings. The zero-order chi connectivity index (χ0) is 17.7. The third-order valence-corrected chi connectivity index (χ3v) is 4.87. The standard InChI is InChI=1S/C19H28N2O4/c1-16-3-5-17(6-4-16)18(22)21-9-12-25-19(14-21)13-20(7-10-23-2)8-11-24-15-19/h3-6H,7-15H2,1-2H3. The number of benzene rings is 1. The number of methoxy groups -OCH3 is 1. The van der Waals surface area contributed by atoms with Crippen molar-refractivity contribution < 1.29 is 19.0 Å². The summed E-state index contributed by atoms with van der Waals surface area (Å²) < 4.78 is 17.1. The molecule has 0 saturated carbocycles. The molecular weight excluding hydrogens is 320 g/mol. The van der Waals surface area contributed by atoms with Gasteiger partial charge >= 0.3 is 0 Å². The van der Waals surface area contributed by atoms with E-state index in [-0.39, 0.29) is 5.91 Å². The number of amides is 1. The number of morpholine rings is 1. The molecule has 0 radical (unpaired) electrons. The Balaban J connectivity index is 1.70. The van der Waals surface area contributed by atoms with Gasteiger partial charge < -0.3 is 19.1 Å². The van der Waals surface area contributed by atoms with Crippen LogP contribution in [0.4, 0.5) is 0 Å². The molecule has 2 heterocycles. The summed E-state index contributed by atoms with van der Waals surface area (Å²) in [5.41, 5.74) is 1.43. The van der Waals surface area contributed by atoms with Crippen LogP contribution in [-0.2, 0) is 14.2 Å². The molecule has 2 aliphatic rings. The fraction of sp³-hybridized carbons (Fsp3) is 0.632. The molecule has 0 N–H and O–H groups in total. The zero-order valence-electron chi connectivity index (χ0n) is 15.2. The summed E-state index contributed by atoms with van der Waals surface area (Å²) in [5, 5.41) is 0. The van der Waals surface area contributed by atoms with Crippen LogP contribution in [0.3, 0.4) is 0 Å². The second kappa shape index (κ2) is 8.27. The van der Waals surface area contributed by atoms with Crippen LogP contribution in [0.1, 0.15) is 15.9 Å². The summed E-state index contributed by atoms with van der Waals surface area (Å²) in [4.78, 5) is 17.1.